The van der Waals surface area contributed by atoms with Crippen molar-refractivity contribution in [1.82, 2.24) is 14.8 Å². The third kappa shape index (κ3) is 3.50. The first-order chi connectivity index (χ1) is 10.2. The van der Waals surface area contributed by atoms with Crippen LogP contribution in [0.15, 0.2) is 40.0 Å². The van der Waals surface area contributed by atoms with E-state index in [0.29, 0.717) is 6.54 Å². The molecule has 2 aromatic heterocycles. The zero-order valence-corrected chi connectivity index (χ0v) is 13.3. The molecule has 3 heterocycles. The smallest absolute Gasteiger partial charge is 0.269 e. The number of nitrogens with zero attached hydrogens (tertiary/aromatic N) is 4. The fourth-order valence-electron chi connectivity index (χ4n) is 2.58. The standard InChI is InChI=1S/C15H17BrN4O/c16-13-6-12(8-17-9-13)11-20-15(21)7-14(10-18-20)19-4-2-1-3-5-19/h6-10H,1-5,11H2. The Hall–Kier alpha value is -1.69. The van der Waals surface area contributed by atoms with E-state index in [4.69, 9.17) is 0 Å². The van der Waals surface area contributed by atoms with Gasteiger partial charge in [-0.3, -0.25) is 9.78 Å². The molecular formula is C15H17BrN4O. The summed E-state index contributed by atoms with van der Waals surface area (Å²) in [4.78, 5) is 18.6. The Kier molecular flexibility index (Phi) is 4.34. The first-order valence-electron chi connectivity index (χ1n) is 7.14. The highest BCUT2D eigenvalue weighted by atomic mass is 79.9. The van der Waals surface area contributed by atoms with E-state index in [1.54, 1.807) is 24.7 Å². The van der Waals surface area contributed by atoms with Crippen LogP contribution in [0.25, 0.3) is 0 Å². The molecule has 5 nitrogen and oxygen atoms in total. The van der Waals surface area contributed by atoms with E-state index in [1.807, 2.05) is 6.07 Å². The molecule has 1 aliphatic rings. The second-order valence-electron chi connectivity index (χ2n) is 5.27. The predicted molar refractivity (Wildman–Crippen MR) is 85.6 cm³/mol. The first-order valence-corrected chi connectivity index (χ1v) is 7.93. The molecule has 0 radical (unpaired) electrons. The van der Waals surface area contributed by atoms with Crippen molar-refractivity contribution in [3.63, 3.8) is 0 Å². The summed E-state index contributed by atoms with van der Waals surface area (Å²) in [5.41, 5.74) is 1.81. The maximum Gasteiger partial charge on any atom is 0.269 e. The molecule has 1 aliphatic heterocycles. The van der Waals surface area contributed by atoms with Gasteiger partial charge in [-0.25, -0.2) is 4.68 Å². The lowest BCUT2D eigenvalue weighted by molar-refractivity contribution is 0.571. The summed E-state index contributed by atoms with van der Waals surface area (Å²) in [6.07, 6.45) is 8.91. The fourth-order valence-corrected chi connectivity index (χ4v) is 3.00. The molecule has 0 unspecified atom stereocenters. The molecule has 0 saturated carbocycles. The van der Waals surface area contributed by atoms with Gasteiger partial charge >= 0.3 is 0 Å². The largest absolute Gasteiger partial charge is 0.370 e. The average Bonchev–Trinajstić information content (AvgIpc) is 2.50. The second-order valence-corrected chi connectivity index (χ2v) is 6.18. The molecule has 3 rings (SSSR count). The van der Waals surface area contributed by atoms with Gasteiger partial charge in [-0.2, -0.15) is 5.10 Å². The molecule has 0 atom stereocenters. The number of anilines is 1. The molecule has 21 heavy (non-hydrogen) atoms. The maximum atomic E-state index is 12.2. The predicted octanol–water partition coefficient (Wildman–Crippen LogP) is 2.44. The lowest BCUT2D eigenvalue weighted by Gasteiger charge is -2.28. The SMILES string of the molecule is O=c1cc(N2CCCCC2)cnn1Cc1cncc(Br)c1. The van der Waals surface area contributed by atoms with Gasteiger partial charge in [0.2, 0.25) is 0 Å². The lowest BCUT2D eigenvalue weighted by atomic mass is 10.1. The van der Waals surface area contributed by atoms with E-state index in [9.17, 15) is 4.79 Å². The zero-order chi connectivity index (χ0) is 14.7. The molecular weight excluding hydrogens is 332 g/mol. The Morgan fingerprint density at radius 2 is 1.90 bits per heavy atom. The second kappa shape index (κ2) is 6.39. The van der Waals surface area contributed by atoms with Gasteiger partial charge in [-0.1, -0.05) is 0 Å². The normalized spacial score (nSPS) is 15.2. The van der Waals surface area contributed by atoms with E-state index in [1.165, 1.54) is 23.9 Å². The van der Waals surface area contributed by atoms with Gasteiger partial charge in [0.1, 0.15) is 0 Å². The van der Waals surface area contributed by atoms with Crippen LogP contribution in [-0.2, 0) is 6.54 Å². The summed E-state index contributed by atoms with van der Waals surface area (Å²) in [5, 5.41) is 4.30. The van der Waals surface area contributed by atoms with Gasteiger partial charge in [0.15, 0.2) is 0 Å². The van der Waals surface area contributed by atoms with Crippen molar-refractivity contribution in [1.29, 1.82) is 0 Å². The Morgan fingerprint density at radius 3 is 2.62 bits per heavy atom. The van der Waals surface area contributed by atoms with Gasteiger partial charge in [-0.05, 0) is 46.8 Å². The number of pyridine rings is 1. The van der Waals surface area contributed by atoms with Crippen molar-refractivity contribution in [2.75, 3.05) is 18.0 Å². The average molecular weight is 349 g/mol. The molecule has 6 heteroatoms. The minimum absolute atomic E-state index is 0.0713. The van der Waals surface area contributed by atoms with Crippen LogP contribution >= 0.6 is 15.9 Å². The molecule has 0 N–H and O–H groups in total. The molecule has 0 aliphatic carbocycles. The molecule has 0 spiro atoms. The van der Waals surface area contributed by atoms with Crippen LogP contribution < -0.4 is 10.5 Å². The minimum atomic E-state index is -0.0713. The number of halogens is 1. The van der Waals surface area contributed by atoms with E-state index >= 15 is 0 Å². The summed E-state index contributed by atoms with van der Waals surface area (Å²) in [5.74, 6) is 0. The highest BCUT2D eigenvalue weighted by Gasteiger charge is 2.12. The number of piperidine rings is 1. The number of aromatic nitrogens is 3. The zero-order valence-electron chi connectivity index (χ0n) is 11.7. The van der Waals surface area contributed by atoms with Gasteiger partial charge in [-0.15, -0.1) is 0 Å². The van der Waals surface area contributed by atoms with Crippen LogP contribution in [0.2, 0.25) is 0 Å². The Bertz CT molecular complexity index is 679. The number of rotatable bonds is 3. The monoisotopic (exact) mass is 348 g/mol. The maximum absolute atomic E-state index is 12.2. The fraction of sp³-hybridized carbons (Fsp3) is 0.400. The van der Waals surface area contributed by atoms with Gasteiger partial charge in [0, 0.05) is 36.0 Å². The van der Waals surface area contributed by atoms with Crippen molar-refractivity contribution < 1.29 is 0 Å². The Labute approximate surface area is 131 Å². The van der Waals surface area contributed by atoms with Gasteiger partial charge in [0.25, 0.3) is 5.56 Å². The molecule has 0 aromatic carbocycles. The van der Waals surface area contributed by atoms with E-state index in [2.05, 4.69) is 30.9 Å². The van der Waals surface area contributed by atoms with Crippen molar-refractivity contribution in [2.24, 2.45) is 0 Å². The van der Waals surface area contributed by atoms with Gasteiger partial charge < -0.3 is 4.90 Å². The quantitative estimate of drug-likeness (QED) is 0.854. The van der Waals surface area contributed by atoms with Crippen LogP contribution in [0, 0.1) is 0 Å². The molecule has 1 fully saturated rings. The summed E-state index contributed by atoms with van der Waals surface area (Å²) < 4.78 is 2.37. The first kappa shape index (κ1) is 14.3. The highest BCUT2D eigenvalue weighted by Crippen LogP contribution is 2.17. The molecule has 110 valence electrons. The summed E-state index contributed by atoms with van der Waals surface area (Å²) in [6.45, 7) is 2.47. The lowest BCUT2D eigenvalue weighted by Crippen LogP contribution is -2.32. The van der Waals surface area contributed by atoms with Crippen molar-refractivity contribution in [3.8, 4) is 0 Å². The molecule has 0 amide bonds. The summed E-state index contributed by atoms with van der Waals surface area (Å²) >= 11 is 3.38. The number of hydrogen-bond donors (Lipinski definition) is 0. The van der Waals surface area contributed by atoms with Crippen LogP contribution in [0.1, 0.15) is 24.8 Å². The summed E-state index contributed by atoms with van der Waals surface area (Å²) in [6, 6.07) is 3.63. The topological polar surface area (TPSA) is 51.0 Å². The molecule has 2 aromatic rings. The molecule has 1 saturated heterocycles. The van der Waals surface area contributed by atoms with Crippen LogP contribution in [0.4, 0.5) is 5.69 Å². The van der Waals surface area contributed by atoms with Crippen molar-refractivity contribution in [2.45, 2.75) is 25.8 Å². The third-order valence-electron chi connectivity index (χ3n) is 3.67. The van der Waals surface area contributed by atoms with E-state index < -0.39 is 0 Å². The van der Waals surface area contributed by atoms with E-state index in [0.717, 1.165) is 28.8 Å². The van der Waals surface area contributed by atoms with Crippen LogP contribution in [0.5, 0.6) is 0 Å². The van der Waals surface area contributed by atoms with Gasteiger partial charge in [0.05, 0.1) is 18.4 Å². The Morgan fingerprint density at radius 1 is 1.10 bits per heavy atom. The van der Waals surface area contributed by atoms with Crippen molar-refractivity contribution >= 4 is 21.6 Å². The molecule has 0 bridgehead atoms. The van der Waals surface area contributed by atoms with Crippen LogP contribution in [0.3, 0.4) is 0 Å². The number of hydrogen-bond acceptors (Lipinski definition) is 4. The van der Waals surface area contributed by atoms with Crippen molar-refractivity contribution in [3.05, 3.63) is 51.1 Å². The van der Waals surface area contributed by atoms with E-state index in [-0.39, 0.29) is 5.56 Å². The minimum Gasteiger partial charge on any atom is -0.370 e. The third-order valence-corrected chi connectivity index (χ3v) is 4.10. The highest BCUT2D eigenvalue weighted by molar-refractivity contribution is 9.10. The van der Waals surface area contributed by atoms with Crippen LogP contribution in [-0.4, -0.2) is 27.9 Å². The summed E-state index contributed by atoms with van der Waals surface area (Å²) in [7, 11) is 0. The Balaban J connectivity index is 1.79.